The summed E-state index contributed by atoms with van der Waals surface area (Å²) in [6.45, 7) is 24.3. The number of aromatic nitrogens is 4. The van der Waals surface area contributed by atoms with Crippen LogP contribution in [0.15, 0.2) is 97.3 Å². The number of nitrogens with one attached hydrogen (secondary N) is 1. The van der Waals surface area contributed by atoms with Crippen molar-refractivity contribution in [3.8, 4) is 0 Å². The van der Waals surface area contributed by atoms with Crippen molar-refractivity contribution in [1.29, 1.82) is 0 Å². The van der Waals surface area contributed by atoms with Gasteiger partial charge in [-0.05, 0) is 53.0 Å². The predicted octanol–water partition coefficient (Wildman–Crippen LogP) is 10.1. The van der Waals surface area contributed by atoms with Crippen LogP contribution < -0.4 is 5.32 Å². The van der Waals surface area contributed by atoms with E-state index in [1.165, 1.54) is 11.1 Å². The minimum Gasteiger partial charge on any atom is -0.408 e. The summed E-state index contributed by atoms with van der Waals surface area (Å²) in [5, 5.41) is 3.63. The van der Waals surface area contributed by atoms with Gasteiger partial charge in [-0.2, -0.15) is 0 Å². The first kappa shape index (κ1) is 42.8. The number of fused-ring (bicyclic) bond motifs is 1. The zero-order valence-electron chi connectivity index (χ0n) is 35.8. The molecule has 0 amide bonds. The van der Waals surface area contributed by atoms with E-state index in [2.05, 4.69) is 134 Å². The Balaban J connectivity index is 1.43. The Morgan fingerprint density at radius 1 is 0.737 bits per heavy atom. The van der Waals surface area contributed by atoms with Gasteiger partial charge >= 0.3 is 0 Å². The third kappa shape index (κ3) is 9.93. The second-order valence-corrected chi connectivity index (χ2v) is 27.8. The van der Waals surface area contributed by atoms with Gasteiger partial charge in [0, 0.05) is 19.6 Å². The summed E-state index contributed by atoms with van der Waals surface area (Å²) < 4.78 is 35.7. The molecule has 6 rings (SSSR count). The Labute approximate surface area is 342 Å². The third-order valence-electron chi connectivity index (χ3n) is 12.1. The fraction of sp³-hybridized carbons (Fsp3) is 0.489. The second-order valence-electron chi connectivity index (χ2n) is 18.3. The van der Waals surface area contributed by atoms with Gasteiger partial charge in [0.1, 0.15) is 24.9 Å². The van der Waals surface area contributed by atoms with Gasteiger partial charge in [-0.3, -0.25) is 4.57 Å². The molecule has 1 saturated heterocycles. The topological polar surface area (TPSA) is 102 Å². The molecule has 3 aromatic carbocycles. The van der Waals surface area contributed by atoms with Gasteiger partial charge in [-0.15, -0.1) is 0 Å². The molecular weight excluding hydrogens is 747 g/mol. The number of hydrogen-bond acceptors (Lipinski definition) is 9. The highest BCUT2D eigenvalue weighted by Gasteiger charge is 2.54. The quantitative estimate of drug-likeness (QED) is 0.0977. The minimum absolute atomic E-state index is 0.0221. The van der Waals surface area contributed by atoms with E-state index in [-0.39, 0.29) is 34.8 Å². The van der Waals surface area contributed by atoms with Crippen molar-refractivity contribution in [1.82, 2.24) is 19.5 Å². The van der Waals surface area contributed by atoms with Crippen molar-refractivity contribution in [2.45, 2.75) is 121 Å². The fourth-order valence-electron chi connectivity index (χ4n) is 6.70. The predicted molar refractivity (Wildman–Crippen MR) is 233 cm³/mol. The Hall–Kier alpha value is -3.76. The molecule has 1 aliphatic heterocycles. The molecule has 2 aromatic heterocycles. The summed E-state index contributed by atoms with van der Waals surface area (Å²) >= 11 is 0. The molecule has 0 saturated carbocycles. The van der Waals surface area contributed by atoms with Crippen LogP contribution in [0.3, 0.4) is 0 Å². The van der Waals surface area contributed by atoms with Gasteiger partial charge in [0.2, 0.25) is 0 Å². The standard InChI is InChI=1S/C45H63N5O5Si2/c1-44(2,3)56(8,9)54-39-36(29-51-7)53-43(40(39)55-57(10,11)45(4,5)6)50-31-47-38-41(48-37(49-42(38)50)30-52-28-32-21-15-12-16-22-32)46-27-35(33-23-17-13-18-24-33)34-25-19-14-20-26-34/h12-26,31,35-36,39-40,43H,27-30H2,1-11H3,(H,46,48,49)/t36-,39-,40-,43-/m1/s1. The van der Waals surface area contributed by atoms with Gasteiger partial charge < -0.3 is 28.4 Å². The zero-order valence-corrected chi connectivity index (χ0v) is 37.8. The van der Waals surface area contributed by atoms with E-state index in [9.17, 15) is 0 Å². The summed E-state index contributed by atoms with van der Waals surface area (Å²) in [6.07, 6.45) is 0.0551. The van der Waals surface area contributed by atoms with Crippen LogP contribution in [0.2, 0.25) is 36.3 Å². The fourth-order valence-corrected chi connectivity index (χ4v) is 9.30. The Kier molecular flexibility index (Phi) is 13.2. The maximum absolute atomic E-state index is 7.37. The van der Waals surface area contributed by atoms with E-state index in [0.717, 1.165) is 5.56 Å². The van der Waals surface area contributed by atoms with Crippen LogP contribution >= 0.6 is 0 Å². The molecule has 1 N–H and O–H groups in total. The lowest BCUT2D eigenvalue weighted by Crippen LogP contribution is -2.54. The first-order valence-corrected chi connectivity index (χ1v) is 26.0. The highest BCUT2D eigenvalue weighted by atomic mass is 28.4. The highest BCUT2D eigenvalue weighted by Crippen LogP contribution is 2.46. The lowest BCUT2D eigenvalue weighted by atomic mass is 9.91. The second kappa shape index (κ2) is 17.6. The van der Waals surface area contributed by atoms with Crippen LogP contribution in [0.25, 0.3) is 11.2 Å². The maximum atomic E-state index is 7.37. The molecule has 0 bridgehead atoms. The van der Waals surface area contributed by atoms with Gasteiger partial charge in [-0.25, -0.2) is 15.0 Å². The van der Waals surface area contributed by atoms with Gasteiger partial charge in [-0.1, -0.05) is 133 Å². The van der Waals surface area contributed by atoms with Gasteiger partial charge in [0.25, 0.3) is 0 Å². The largest absolute Gasteiger partial charge is 0.408 e. The molecule has 57 heavy (non-hydrogen) atoms. The molecular formula is C45H63N5O5Si2. The number of benzene rings is 3. The van der Waals surface area contributed by atoms with Gasteiger partial charge in [0.15, 0.2) is 45.7 Å². The number of methoxy groups -OCH3 is 1. The number of rotatable bonds is 16. The zero-order chi connectivity index (χ0) is 41.0. The summed E-state index contributed by atoms with van der Waals surface area (Å²) in [6, 6.07) is 31.3. The maximum Gasteiger partial charge on any atom is 0.192 e. The molecule has 12 heteroatoms. The number of ether oxygens (including phenoxy) is 3. The van der Waals surface area contributed by atoms with Crippen LogP contribution in [0.1, 0.15) is 76.2 Å². The van der Waals surface area contributed by atoms with Crippen molar-refractivity contribution < 1.29 is 23.1 Å². The number of nitrogens with zero attached hydrogens (tertiary/aromatic N) is 4. The van der Waals surface area contributed by atoms with Crippen LogP contribution in [-0.4, -0.2) is 74.7 Å². The Morgan fingerprint density at radius 3 is 1.82 bits per heavy atom. The average Bonchev–Trinajstić information content (AvgIpc) is 3.72. The molecule has 0 aliphatic carbocycles. The Bertz CT molecular complexity index is 1990. The normalized spacial score (nSPS) is 19.4. The van der Waals surface area contributed by atoms with Crippen molar-refractivity contribution in [2.75, 3.05) is 25.6 Å². The number of imidazole rings is 1. The number of hydrogen-bond donors (Lipinski definition) is 1. The summed E-state index contributed by atoms with van der Waals surface area (Å²) in [4.78, 5) is 15.2. The monoisotopic (exact) mass is 809 g/mol. The smallest absolute Gasteiger partial charge is 0.192 e. The summed E-state index contributed by atoms with van der Waals surface area (Å²) in [5.41, 5.74) is 4.78. The molecule has 306 valence electrons. The summed E-state index contributed by atoms with van der Waals surface area (Å²) in [5.74, 6) is 1.25. The molecule has 0 spiro atoms. The van der Waals surface area contributed by atoms with Crippen molar-refractivity contribution in [2.24, 2.45) is 0 Å². The minimum atomic E-state index is -2.35. The molecule has 5 aromatic rings. The van der Waals surface area contributed by atoms with Crippen molar-refractivity contribution >= 4 is 33.6 Å². The van der Waals surface area contributed by atoms with Gasteiger partial charge in [0.05, 0.1) is 19.5 Å². The van der Waals surface area contributed by atoms with E-state index in [4.69, 9.17) is 38.0 Å². The molecule has 0 radical (unpaired) electrons. The van der Waals surface area contributed by atoms with Crippen LogP contribution in [-0.2, 0) is 36.3 Å². The lowest BCUT2D eigenvalue weighted by Gasteiger charge is -2.44. The number of anilines is 1. The van der Waals surface area contributed by atoms with E-state index >= 15 is 0 Å². The Morgan fingerprint density at radius 2 is 1.28 bits per heavy atom. The first-order chi connectivity index (χ1) is 27.0. The molecule has 3 heterocycles. The van der Waals surface area contributed by atoms with E-state index < -0.39 is 29.0 Å². The molecule has 0 unspecified atom stereocenters. The van der Waals surface area contributed by atoms with Crippen molar-refractivity contribution in [3.05, 3.63) is 120 Å². The molecule has 1 fully saturated rings. The molecule has 4 atom stereocenters. The highest BCUT2D eigenvalue weighted by molar-refractivity contribution is 6.74. The van der Waals surface area contributed by atoms with Crippen molar-refractivity contribution in [3.63, 3.8) is 0 Å². The van der Waals surface area contributed by atoms with E-state index in [1.807, 2.05) is 41.2 Å². The molecule has 1 aliphatic rings. The van der Waals surface area contributed by atoms with Crippen LogP contribution in [0.4, 0.5) is 5.82 Å². The third-order valence-corrected chi connectivity index (χ3v) is 21.0. The average molecular weight is 810 g/mol. The molecule has 10 nitrogen and oxygen atoms in total. The summed E-state index contributed by atoms with van der Waals surface area (Å²) in [7, 11) is -2.93. The van der Waals surface area contributed by atoms with E-state index in [0.29, 0.717) is 42.6 Å². The van der Waals surface area contributed by atoms with Crippen LogP contribution in [0, 0.1) is 0 Å². The van der Waals surface area contributed by atoms with E-state index in [1.54, 1.807) is 7.11 Å². The lowest BCUT2D eigenvalue weighted by molar-refractivity contribution is -0.0562. The SMILES string of the molecule is COC[C@H]1O[C@@H](n2cnc3c(NCC(c4ccccc4)c4ccccc4)nc(COCc4ccccc4)nc32)[C@H](O[Si](C)(C)C(C)(C)C)[C@@H]1O[Si](C)(C)C(C)(C)C. The first-order valence-electron chi connectivity index (χ1n) is 20.2. The van der Waals surface area contributed by atoms with Crippen LogP contribution in [0.5, 0.6) is 0 Å².